The van der Waals surface area contributed by atoms with E-state index < -0.39 is 11.1 Å². The van der Waals surface area contributed by atoms with Crippen LogP contribution in [0, 0.1) is 0 Å². The van der Waals surface area contributed by atoms with Crippen molar-refractivity contribution in [2.75, 3.05) is 32.5 Å². The molecule has 0 heterocycles. The Bertz CT molecular complexity index is 111. The van der Waals surface area contributed by atoms with Gasteiger partial charge in [-0.1, -0.05) is 0 Å². The zero-order valence-electron chi connectivity index (χ0n) is 6.84. The first-order chi connectivity index (χ1) is 5.31. The van der Waals surface area contributed by atoms with Crippen LogP contribution in [0.15, 0.2) is 0 Å². The maximum atomic E-state index is 10.7. The molecule has 0 saturated carbocycles. The molecule has 1 unspecified atom stereocenters. The van der Waals surface area contributed by atoms with Crippen molar-refractivity contribution in [2.45, 2.75) is 6.42 Å². The molecule has 0 aliphatic rings. The van der Waals surface area contributed by atoms with Gasteiger partial charge in [-0.15, -0.1) is 0 Å². The monoisotopic (exact) mass is 180 g/mol. The average molecular weight is 180 g/mol. The first-order valence-electron chi connectivity index (χ1n) is 3.65. The van der Waals surface area contributed by atoms with Crippen LogP contribution in [0.3, 0.4) is 0 Å². The third-order valence-corrected chi connectivity index (χ3v) is 2.17. The SMILES string of the molecule is COS(=O)CCCNCCN. The number of nitrogens with one attached hydrogen (secondary N) is 1. The van der Waals surface area contributed by atoms with Gasteiger partial charge in [0.1, 0.15) is 0 Å². The fraction of sp³-hybridized carbons (Fsp3) is 1.00. The Morgan fingerprint density at radius 2 is 2.27 bits per heavy atom. The van der Waals surface area contributed by atoms with E-state index in [0.29, 0.717) is 12.3 Å². The molecule has 0 rings (SSSR count). The molecule has 0 aromatic carbocycles. The van der Waals surface area contributed by atoms with Crippen LogP contribution < -0.4 is 11.1 Å². The maximum absolute atomic E-state index is 10.7. The molecule has 0 aliphatic heterocycles. The van der Waals surface area contributed by atoms with Gasteiger partial charge in [-0.2, -0.15) is 0 Å². The van der Waals surface area contributed by atoms with Gasteiger partial charge in [0.15, 0.2) is 11.1 Å². The minimum absolute atomic E-state index is 0.591. The average Bonchev–Trinajstić information content (AvgIpc) is 2.04. The molecule has 11 heavy (non-hydrogen) atoms. The Balaban J connectivity index is 2.95. The minimum atomic E-state index is -1.10. The second-order valence-corrected chi connectivity index (χ2v) is 3.42. The summed E-state index contributed by atoms with van der Waals surface area (Å²) in [6.45, 7) is 2.32. The molecule has 0 bridgehead atoms. The van der Waals surface area contributed by atoms with Gasteiger partial charge in [0.05, 0.1) is 12.9 Å². The Kier molecular flexibility index (Phi) is 8.15. The summed E-state index contributed by atoms with van der Waals surface area (Å²) >= 11 is -1.10. The molecule has 0 saturated heterocycles. The Morgan fingerprint density at radius 3 is 2.82 bits per heavy atom. The summed E-state index contributed by atoms with van der Waals surface area (Å²) in [4.78, 5) is 0. The first kappa shape index (κ1) is 11.0. The first-order valence-corrected chi connectivity index (χ1v) is 4.89. The van der Waals surface area contributed by atoms with E-state index in [1.165, 1.54) is 7.11 Å². The Morgan fingerprint density at radius 1 is 1.55 bits per heavy atom. The summed E-state index contributed by atoms with van der Waals surface area (Å²) in [5.41, 5.74) is 5.25. The summed E-state index contributed by atoms with van der Waals surface area (Å²) < 4.78 is 15.3. The van der Waals surface area contributed by atoms with Crippen molar-refractivity contribution in [3.63, 3.8) is 0 Å². The van der Waals surface area contributed by atoms with Crippen LogP contribution in [0.25, 0.3) is 0 Å². The lowest BCUT2D eigenvalue weighted by Gasteiger charge is -2.01. The smallest absolute Gasteiger partial charge is 0.155 e. The molecule has 0 spiro atoms. The standard InChI is InChI=1S/C6H16N2O2S/c1-10-11(9)6-2-4-8-5-3-7/h8H,2-7H2,1H3. The van der Waals surface area contributed by atoms with Gasteiger partial charge in [-0.25, -0.2) is 4.21 Å². The lowest BCUT2D eigenvalue weighted by molar-refractivity contribution is 0.444. The second kappa shape index (κ2) is 8.13. The van der Waals surface area contributed by atoms with Crippen molar-refractivity contribution in [2.24, 2.45) is 5.73 Å². The molecule has 5 heteroatoms. The molecule has 0 aromatic rings. The van der Waals surface area contributed by atoms with Crippen molar-refractivity contribution in [1.82, 2.24) is 5.32 Å². The lowest BCUT2D eigenvalue weighted by atomic mass is 10.5. The molecular weight excluding hydrogens is 164 g/mol. The summed E-state index contributed by atoms with van der Waals surface area (Å²) in [5, 5.41) is 3.10. The van der Waals surface area contributed by atoms with E-state index in [-0.39, 0.29) is 0 Å². The maximum Gasteiger partial charge on any atom is 0.155 e. The molecule has 0 aliphatic carbocycles. The Labute approximate surface area is 70.2 Å². The number of nitrogens with two attached hydrogens (primary N) is 1. The third kappa shape index (κ3) is 7.93. The fourth-order valence-corrected chi connectivity index (χ4v) is 1.17. The van der Waals surface area contributed by atoms with Crippen molar-refractivity contribution in [3.05, 3.63) is 0 Å². The zero-order chi connectivity index (χ0) is 8.53. The second-order valence-electron chi connectivity index (χ2n) is 2.07. The van der Waals surface area contributed by atoms with Crippen LogP contribution in [0.5, 0.6) is 0 Å². The van der Waals surface area contributed by atoms with E-state index in [1.54, 1.807) is 0 Å². The predicted molar refractivity (Wildman–Crippen MR) is 46.6 cm³/mol. The molecule has 0 amide bonds. The highest BCUT2D eigenvalue weighted by Gasteiger charge is 1.94. The molecule has 4 nitrogen and oxygen atoms in total. The predicted octanol–water partition coefficient (Wildman–Crippen LogP) is -0.765. The summed E-state index contributed by atoms with van der Waals surface area (Å²) in [7, 11) is 1.45. The van der Waals surface area contributed by atoms with Crippen LogP contribution >= 0.6 is 0 Å². The lowest BCUT2D eigenvalue weighted by Crippen LogP contribution is -2.24. The van der Waals surface area contributed by atoms with E-state index in [0.717, 1.165) is 19.5 Å². The highest BCUT2D eigenvalue weighted by molar-refractivity contribution is 7.80. The van der Waals surface area contributed by atoms with E-state index in [4.69, 9.17) is 5.73 Å². The summed E-state index contributed by atoms with van der Waals surface area (Å²) in [5.74, 6) is 0.591. The molecular formula is C6H16N2O2S. The normalized spacial score (nSPS) is 13.3. The van der Waals surface area contributed by atoms with E-state index >= 15 is 0 Å². The van der Waals surface area contributed by atoms with Crippen molar-refractivity contribution in [1.29, 1.82) is 0 Å². The van der Waals surface area contributed by atoms with Crippen molar-refractivity contribution in [3.8, 4) is 0 Å². The number of hydrogen-bond donors (Lipinski definition) is 2. The van der Waals surface area contributed by atoms with Gasteiger partial charge >= 0.3 is 0 Å². The van der Waals surface area contributed by atoms with Crippen LogP contribution in [0.2, 0.25) is 0 Å². The Hall–Kier alpha value is 0.0300. The quantitative estimate of drug-likeness (QED) is 0.505. The largest absolute Gasteiger partial charge is 0.329 e. The third-order valence-electron chi connectivity index (χ3n) is 1.17. The molecule has 0 aromatic heterocycles. The van der Waals surface area contributed by atoms with Gasteiger partial charge in [0.25, 0.3) is 0 Å². The number of hydrogen-bond acceptors (Lipinski definition) is 4. The molecule has 0 fully saturated rings. The van der Waals surface area contributed by atoms with Gasteiger partial charge in [0, 0.05) is 13.1 Å². The zero-order valence-corrected chi connectivity index (χ0v) is 7.65. The van der Waals surface area contributed by atoms with Crippen LogP contribution in [-0.4, -0.2) is 36.7 Å². The van der Waals surface area contributed by atoms with E-state index in [1.807, 2.05) is 0 Å². The highest BCUT2D eigenvalue weighted by atomic mass is 32.2. The van der Waals surface area contributed by atoms with Crippen molar-refractivity contribution >= 4 is 11.1 Å². The fourth-order valence-electron chi connectivity index (χ4n) is 0.625. The summed E-state index contributed by atoms with van der Waals surface area (Å²) in [6.07, 6.45) is 0.862. The van der Waals surface area contributed by atoms with Gasteiger partial charge in [-0.05, 0) is 13.0 Å². The van der Waals surface area contributed by atoms with Crippen LogP contribution in [0.4, 0.5) is 0 Å². The van der Waals surface area contributed by atoms with E-state index in [9.17, 15) is 4.21 Å². The molecule has 1 atom stereocenters. The molecule has 68 valence electrons. The van der Waals surface area contributed by atoms with Crippen molar-refractivity contribution < 1.29 is 8.39 Å². The number of rotatable bonds is 7. The topological polar surface area (TPSA) is 64.3 Å². The van der Waals surface area contributed by atoms with Gasteiger partial charge in [0.2, 0.25) is 0 Å². The van der Waals surface area contributed by atoms with Crippen LogP contribution in [0.1, 0.15) is 6.42 Å². The summed E-state index contributed by atoms with van der Waals surface area (Å²) in [6, 6.07) is 0. The van der Waals surface area contributed by atoms with Gasteiger partial charge in [-0.3, -0.25) is 4.18 Å². The van der Waals surface area contributed by atoms with Crippen LogP contribution in [-0.2, 0) is 15.3 Å². The highest BCUT2D eigenvalue weighted by Crippen LogP contribution is 1.85. The molecule has 3 N–H and O–H groups in total. The van der Waals surface area contributed by atoms with E-state index in [2.05, 4.69) is 9.50 Å². The molecule has 0 radical (unpaired) electrons. The van der Waals surface area contributed by atoms with Gasteiger partial charge < -0.3 is 11.1 Å². The minimum Gasteiger partial charge on any atom is -0.329 e.